The molecule has 0 saturated carbocycles. The van der Waals surface area contributed by atoms with Crippen molar-refractivity contribution in [3.63, 3.8) is 0 Å². The Morgan fingerprint density at radius 1 is 1.05 bits per heavy atom. The third-order valence-electron chi connectivity index (χ3n) is 3.43. The summed E-state index contributed by atoms with van der Waals surface area (Å²) in [7, 11) is 0. The summed E-state index contributed by atoms with van der Waals surface area (Å²) in [5, 5.41) is 3.67. The van der Waals surface area contributed by atoms with Crippen molar-refractivity contribution in [1.82, 2.24) is 10.3 Å². The molecule has 2 rings (SSSR count). The molecule has 19 heavy (non-hydrogen) atoms. The smallest absolute Gasteiger partial charge is 0.0570 e. The number of nitrogens with one attached hydrogen (secondary N) is 1. The summed E-state index contributed by atoms with van der Waals surface area (Å²) in [5.41, 5.74) is 2.49. The Morgan fingerprint density at radius 3 is 2.42 bits per heavy atom. The minimum Gasteiger partial charge on any atom is -0.306 e. The lowest BCUT2D eigenvalue weighted by molar-refractivity contribution is 0.434. The van der Waals surface area contributed by atoms with Crippen LogP contribution in [-0.2, 0) is 6.42 Å². The first-order chi connectivity index (χ1) is 9.29. The number of hydrogen-bond acceptors (Lipinski definition) is 2. The molecule has 0 saturated heterocycles. The number of nitrogens with zero attached hydrogens (tertiary/aromatic N) is 1. The molecule has 1 aromatic heterocycles. The van der Waals surface area contributed by atoms with Crippen LogP contribution in [0, 0.1) is 0 Å². The topological polar surface area (TPSA) is 24.9 Å². The largest absolute Gasteiger partial charge is 0.306 e. The van der Waals surface area contributed by atoms with Crippen molar-refractivity contribution in [2.75, 3.05) is 0 Å². The average Bonchev–Trinajstić information content (AvgIpc) is 2.48. The number of hydrogen-bond donors (Lipinski definition) is 1. The highest BCUT2D eigenvalue weighted by Gasteiger charge is 2.12. The zero-order valence-corrected chi connectivity index (χ0v) is 11.7. The molecule has 1 N–H and O–H groups in total. The molecule has 0 fully saturated rings. The summed E-state index contributed by atoms with van der Waals surface area (Å²) in [6.45, 7) is 4.40. The second-order valence-electron chi connectivity index (χ2n) is 4.94. The molecular weight excluding hydrogens is 232 g/mol. The van der Waals surface area contributed by atoms with Gasteiger partial charge in [0.05, 0.1) is 5.69 Å². The fraction of sp³-hybridized carbons (Fsp3) is 0.353. The highest BCUT2D eigenvalue weighted by Crippen LogP contribution is 2.13. The maximum atomic E-state index is 4.41. The van der Waals surface area contributed by atoms with Crippen molar-refractivity contribution >= 4 is 0 Å². The van der Waals surface area contributed by atoms with E-state index in [1.54, 1.807) is 0 Å². The van der Waals surface area contributed by atoms with Crippen LogP contribution >= 0.6 is 0 Å². The lowest BCUT2D eigenvalue weighted by Gasteiger charge is -2.22. The van der Waals surface area contributed by atoms with Crippen LogP contribution in [0.1, 0.15) is 37.6 Å². The van der Waals surface area contributed by atoms with Crippen molar-refractivity contribution in [2.24, 2.45) is 0 Å². The average molecular weight is 254 g/mol. The highest BCUT2D eigenvalue weighted by molar-refractivity contribution is 5.16. The lowest BCUT2D eigenvalue weighted by atomic mass is 10.0. The van der Waals surface area contributed by atoms with Gasteiger partial charge < -0.3 is 5.32 Å². The Kier molecular flexibility index (Phi) is 5.10. The fourth-order valence-corrected chi connectivity index (χ4v) is 2.29. The summed E-state index contributed by atoms with van der Waals surface area (Å²) in [6, 6.07) is 17.5. The predicted molar refractivity (Wildman–Crippen MR) is 80.0 cm³/mol. The third kappa shape index (κ3) is 4.18. The van der Waals surface area contributed by atoms with Crippen LogP contribution in [0.15, 0.2) is 54.7 Å². The maximum Gasteiger partial charge on any atom is 0.0570 e. The van der Waals surface area contributed by atoms with E-state index in [9.17, 15) is 0 Å². The molecule has 0 aliphatic heterocycles. The minimum absolute atomic E-state index is 0.287. The molecule has 100 valence electrons. The fourth-order valence-electron chi connectivity index (χ4n) is 2.29. The summed E-state index contributed by atoms with van der Waals surface area (Å²) in [6.07, 6.45) is 4.03. The van der Waals surface area contributed by atoms with E-state index >= 15 is 0 Å². The van der Waals surface area contributed by atoms with E-state index in [-0.39, 0.29) is 6.04 Å². The standard InChI is InChI=1S/C17H22N2/c1-3-16(13-15-9-5-4-6-10-15)19-14(2)17-11-7-8-12-18-17/h4-12,14,16,19H,3,13H2,1-2H3/t14-,16?/m0/s1. The summed E-state index contributed by atoms with van der Waals surface area (Å²) < 4.78 is 0. The molecule has 2 atom stereocenters. The van der Waals surface area contributed by atoms with Gasteiger partial charge in [-0.15, -0.1) is 0 Å². The third-order valence-corrected chi connectivity index (χ3v) is 3.43. The summed E-state index contributed by atoms with van der Waals surface area (Å²) in [4.78, 5) is 4.41. The molecule has 1 aromatic carbocycles. The Labute approximate surface area is 115 Å². The molecule has 0 amide bonds. The minimum atomic E-state index is 0.287. The first kappa shape index (κ1) is 13.8. The van der Waals surface area contributed by atoms with Gasteiger partial charge in [0.1, 0.15) is 0 Å². The molecule has 2 heteroatoms. The molecule has 2 nitrogen and oxygen atoms in total. The van der Waals surface area contributed by atoms with Gasteiger partial charge in [-0.2, -0.15) is 0 Å². The van der Waals surface area contributed by atoms with Crippen LogP contribution in [-0.4, -0.2) is 11.0 Å². The summed E-state index contributed by atoms with van der Waals surface area (Å²) >= 11 is 0. The van der Waals surface area contributed by atoms with E-state index in [1.165, 1.54) is 5.56 Å². The van der Waals surface area contributed by atoms with Crippen LogP contribution < -0.4 is 5.32 Å². The predicted octanol–water partition coefficient (Wildman–Crippen LogP) is 3.75. The van der Waals surface area contributed by atoms with Crippen LogP contribution in [0.2, 0.25) is 0 Å². The van der Waals surface area contributed by atoms with Gasteiger partial charge in [0.2, 0.25) is 0 Å². The van der Waals surface area contributed by atoms with Gasteiger partial charge in [0.15, 0.2) is 0 Å². The molecule has 1 heterocycles. The van der Waals surface area contributed by atoms with Crippen LogP contribution in [0.4, 0.5) is 0 Å². The Balaban J connectivity index is 1.96. The maximum absolute atomic E-state index is 4.41. The normalized spacial score (nSPS) is 14.0. The monoisotopic (exact) mass is 254 g/mol. The number of pyridine rings is 1. The Hall–Kier alpha value is -1.67. The summed E-state index contributed by atoms with van der Waals surface area (Å²) in [5.74, 6) is 0. The van der Waals surface area contributed by atoms with Crippen LogP contribution in [0.25, 0.3) is 0 Å². The number of aromatic nitrogens is 1. The zero-order chi connectivity index (χ0) is 13.5. The van der Waals surface area contributed by atoms with E-state index in [4.69, 9.17) is 0 Å². The lowest BCUT2D eigenvalue weighted by Crippen LogP contribution is -2.33. The van der Waals surface area contributed by atoms with Gasteiger partial charge in [-0.05, 0) is 37.5 Å². The van der Waals surface area contributed by atoms with E-state index in [1.807, 2.05) is 18.3 Å². The van der Waals surface area contributed by atoms with Crippen molar-refractivity contribution < 1.29 is 0 Å². The molecule has 2 aromatic rings. The molecule has 0 bridgehead atoms. The number of benzene rings is 1. The van der Waals surface area contributed by atoms with E-state index < -0.39 is 0 Å². The van der Waals surface area contributed by atoms with Crippen molar-refractivity contribution in [1.29, 1.82) is 0 Å². The molecule has 0 aliphatic rings. The molecule has 0 spiro atoms. The number of rotatable bonds is 6. The van der Waals surface area contributed by atoms with Gasteiger partial charge >= 0.3 is 0 Å². The van der Waals surface area contributed by atoms with E-state index in [0.717, 1.165) is 18.5 Å². The van der Waals surface area contributed by atoms with Gasteiger partial charge in [-0.3, -0.25) is 4.98 Å². The van der Waals surface area contributed by atoms with Gasteiger partial charge in [-0.25, -0.2) is 0 Å². The highest BCUT2D eigenvalue weighted by atomic mass is 15.0. The van der Waals surface area contributed by atoms with Gasteiger partial charge in [0, 0.05) is 18.3 Å². The zero-order valence-electron chi connectivity index (χ0n) is 11.7. The molecule has 1 unspecified atom stereocenters. The van der Waals surface area contributed by atoms with E-state index in [2.05, 4.69) is 60.5 Å². The molecular formula is C17H22N2. The van der Waals surface area contributed by atoms with Gasteiger partial charge in [-0.1, -0.05) is 43.3 Å². The quantitative estimate of drug-likeness (QED) is 0.849. The second-order valence-corrected chi connectivity index (χ2v) is 4.94. The first-order valence-corrected chi connectivity index (χ1v) is 7.00. The Morgan fingerprint density at radius 2 is 1.79 bits per heavy atom. The first-order valence-electron chi connectivity index (χ1n) is 7.00. The second kappa shape index (κ2) is 7.05. The van der Waals surface area contributed by atoms with Crippen LogP contribution in [0.5, 0.6) is 0 Å². The van der Waals surface area contributed by atoms with Gasteiger partial charge in [0.25, 0.3) is 0 Å². The van der Waals surface area contributed by atoms with Crippen LogP contribution in [0.3, 0.4) is 0 Å². The van der Waals surface area contributed by atoms with Crippen molar-refractivity contribution in [3.8, 4) is 0 Å². The van der Waals surface area contributed by atoms with Crippen molar-refractivity contribution in [3.05, 3.63) is 66.0 Å². The van der Waals surface area contributed by atoms with E-state index in [0.29, 0.717) is 6.04 Å². The molecule has 0 radical (unpaired) electrons. The molecule has 0 aliphatic carbocycles. The SMILES string of the molecule is CCC(Cc1ccccc1)N[C@@H](C)c1ccccn1. The Bertz CT molecular complexity index is 467. The van der Waals surface area contributed by atoms with Crippen molar-refractivity contribution in [2.45, 2.75) is 38.8 Å².